The van der Waals surface area contributed by atoms with Crippen molar-refractivity contribution in [3.05, 3.63) is 58.1 Å². The molecule has 6 heteroatoms. The molecular formula is C16H11Cl2NO3. The van der Waals surface area contributed by atoms with Gasteiger partial charge in [0.25, 0.3) is 11.7 Å². The van der Waals surface area contributed by atoms with Crippen LogP contribution >= 0.6 is 23.2 Å². The normalized spacial score (nSPS) is 13.5. The Kier molecular flexibility index (Phi) is 4.05. The summed E-state index contributed by atoms with van der Waals surface area (Å²) in [5, 5.41) is 0.920. The Bertz CT molecular complexity index is 761. The van der Waals surface area contributed by atoms with Crippen molar-refractivity contribution in [1.82, 2.24) is 0 Å². The summed E-state index contributed by atoms with van der Waals surface area (Å²) in [4.78, 5) is 25.3. The molecule has 0 saturated heterocycles. The third-order valence-electron chi connectivity index (χ3n) is 3.35. The van der Waals surface area contributed by atoms with Gasteiger partial charge in [0.1, 0.15) is 12.4 Å². The molecule has 0 bridgehead atoms. The summed E-state index contributed by atoms with van der Waals surface area (Å²) in [7, 11) is 0. The van der Waals surface area contributed by atoms with Crippen LogP contribution in [0.2, 0.25) is 10.0 Å². The van der Waals surface area contributed by atoms with E-state index >= 15 is 0 Å². The molecular weight excluding hydrogens is 325 g/mol. The van der Waals surface area contributed by atoms with Crippen LogP contribution < -0.4 is 9.64 Å². The van der Waals surface area contributed by atoms with E-state index < -0.39 is 11.7 Å². The van der Waals surface area contributed by atoms with Gasteiger partial charge in [-0.2, -0.15) is 0 Å². The van der Waals surface area contributed by atoms with Crippen LogP contribution in [0.3, 0.4) is 0 Å². The first kappa shape index (κ1) is 14.9. The lowest BCUT2D eigenvalue weighted by atomic mass is 10.1. The van der Waals surface area contributed by atoms with E-state index in [-0.39, 0.29) is 13.2 Å². The molecule has 0 unspecified atom stereocenters. The zero-order valence-corrected chi connectivity index (χ0v) is 12.9. The van der Waals surface area contributed by atoms with Crippen molar-refractivity contribution in [2.24, 2.45) is 0 Å². The molecule has 2 aromatic rings. The predicted octanol–water partition coefficient (Wildman–Crippen LogP) is 3.60. The van der Waals surface area contributed by atoms with E-state index in [1.54, 1.807) is 42.5 Å². The van der Waals surface area contributed by atoms with Gasteiger partial charge in [0.05, 0.1) is 22.8 Å². The topological polar surface area (TPSA) is 46.6 Å². The Labute approximate surface area is 137 Å². The molecule has 0 radical (unpaired) electrons. The fourth-order valence-electron chi connectivity index (χ4n) is 2.31. The lowest BCUT2D eigenvalue weighted by molar-refractivity contribution is -0.114. The number of halogens is 2. The first-order valence-corrected chi connectivity index (χ1v) is 7.36. The second kappa shape index (κ2) is 5.99. The molecule has 2 aromatic carbocycles. The molecule has 1 amide bonds. The maximum Gasteiger partial charge on any atom is 0.299 e. The monoisotopic (exact) mass is 335 g/mol. The summed E-state index contributed by atoms with van der Waals surface area (Å²) in [6.45, 7) is 0.481. The minimum Gasteiger partial charge on any atom is -0.490 e. The number of ether oxygens (including phenoxy) is 1. The van der Waals surface area contributed by atoms with E-state index in [1.165, 1.54) is 4.90 Å². The molecule has 3 rings (SSSR count). The highest BCUT2D eigenvalue weighted by Gasteiger charge is 2.35. The van der Waals surface area contributed by atoms with Crippen molar-refractivity contribution in [3.8, 4) is 5.75 Å². The molecule has 0 spiro atoms. The van der Waals surface area contributed by atoms with Crippen LogP contribution in [0.25, 0.3) is 0 Å². The smallest absolute Gasteiger partial charge is 0.299 e. The maximum atomic E-state index is 12.0. The lowest BCUT2D eigenvalue weighted by Gasteiger charge is -2.17. The largest absolute Gasteiger partial charge is 0.490 e. The van der Waals surface area contributed by atoms with E-state index in [0.29, 0.717) is 27.0 Å². The number of fused-ring (bicyclic) bond motifs is 1. The number of Topliss-reactive ketones (excluding diaryl/α,β-unsaturated/α-hetero) is 1. The van der Waals surface area contributed by atoms with Gasteiger partial charge >= 0.3 is 0 Å². The van der Waals surface area contributed by atoms with E-state index in [2.05, 4.69) is 0 Å². The lowest BCUT2D eigenvalue weighted by Crippen LogP contribution is -2.33. The molecule has 0 fully saturated rings. The minimum absolute atomic E-state index is 0.217. The number of rotatable bonds is 4. The zero-order chi connectivity index (χ0) is 15.7. The second-order valence-corrected chi connectivity index (χ2v) is 5.57. The molecule has 0 atom stereocenters. The molecule has 1 aliphatic heterocycles. The van der Waals surface area contributed by atoms with Crippen molar-refractivity contribution in [3.63, 3.8) is 0 Å². The Morgan fingerprint density at radius 2 is 1.82 bits per heavy atom. The standard InChI is InChI=1S/C16H11Cl2NO3/c17-10-5-6-14(12(18)9-10)22-8-7-19-13-4-2-1-3-11(13)15(20)16(19)21/h1-6,9H,7-8H2. The first-order chi connectivity index (χ1) is 10.6. The van der Waals surface area contributed by atoms with Gasteiger partial charge in [-0.15, -0.1) is 0 Å². The summed E-state index contributed by atoms with van der Waals surface area (Å²) in [5.74, 6) is -0.538. The van der Waals surface area contributed by atoms with Crippen LogP contribution in [0.15, 0.2) is 42.5 Å². The van der Waals surface area contributed by atoms with Gasteiger partial charge in [0.2, 0.25) is 0 Å². The minimum atomic E-state index is -0.535. The molecule has 1 heterocycles. The van der Waals surface area contributed by atoms with Crippen molar-refractivity contribution < 1.29 is 14.3 Å². The average molecular weight is 336 g/mol. The average Bonchev–Trinajstić information content (AvgIpc) is 2.75. The Morgan fingerprint density at radius 1 is 1.05 bits per heavy atom. The quantitative estimate of drug-likeness (QED) is 0.802. The molecule has 22 heavy (non-hydrogen) atoms. The fraction of sp³-hybridized carbons (Fsp3) is 0.125. The number of benzene rings is 2. The summed E-state index contributed by atoms with van der Waals surface area (Å²) >= 11 is 11.8. The third kappa shape index (κ3) is 2.67. The van der Waals surface area contributed by atoms with Gasteiger partial charge in [0.15, 0.2) is 0 Å². The third-order valence-corrected chi connectivity index (χ3v) is 3.88. The summed E-state index contributed by atoms with van der Waals surface area (Å²) in [6.07, 6.45) is 0. The van der Waals surface area contributed by atoms with Crippen molar-refractivity contribution in [1.29, 1.82) is 0 Å². The van der Waals surface area contributed by atoms with E-state index in [0.717, 1.165) is 0 Å². The van der Waals surface area contributed by atoms with Crippen LogP contribution in [0.5, 0.6) is 5.75 Å². The van der Waals surface area contributed by atoms with E-state index in [4.69, 9.17) is 27.9 Å². The highest BCUT2D eigenvalue weighted by molar-refractivity contribution is 6.52. The Hall–Kier alpha value is -2.04. The number of amides is 1. The molecule has 0 saturated carbocycles. The van der Waals surface area contributed by atoms with Gasteiger partial charge in [-0.25, -0.2) is 0 Å². The van der Waals surface area contributed by atoms with Crippen LogP contribution in [0.1, 0.15) is 10.4 Å². The van der Waals surface area contributed by atoms with Crippen molar-refractivity contribution in [2.75, 3.05) is 18.1 Å². The van der Waals surface area contributed by atoms with Gasteiger partial charge < -0.3 is 9.64 Å². The van der Waals surface area contributed by atoms with Crippen molar-refractivity contribution >= 4 is 40.6 Å². The molecule has 4 nitrogen and oxygen atoms in total. The number of hydrogen-bond donors (Lipinski definition) is 0. The highest BCUT2D eigenvalue weighted by atomic mass is 35.5. The molecule has 0 aliphatic carbocycles. The number of ketones is 1. The first-order valence-electron chi connectivity index (χ1n) is 6.61. The fourth-order valence-corrected chi connectivity index (χ4v) is 2.77. The molecule has 112 valence electrons. The van der Waals surface area contributed by atoms with Crippen LogP contribution in [0, 0.1) is 0 Å². The van der Waals surface area contributed by atoms with Crippen molar-refractivity contribution in [2.45, 2.75) is 0 Å². The predicted molar refractivity (Wildman–Crippen MR) is 85.1 cm³/mol. The summed E-state index contributed by atoms with van der Waals surface area (Å²) in [6, 6.07) is 11.8. The van der Waals surface area contributed by atoms with Gasteiger partial charge in [-0.05, 0) is 30.3 Å². The highest BCUT2D eigenvalue weighted by Crippen LogP contribution is 2.29. The van der Waals surface area contributed by atoms with Crippen LogP contribution in [-0.4, -0.2) is 24.8 Å². The number of para-hydroxylation sites is 1. The maximum absolute atomic E-state index is 12.0. The van der Waals surface area contributed by atoms with Gasteiger partial charge in [-0.3, -0.25) is 9.59 Å². The Balaban J connectivity index is 1.69. The number of carbonyl (C=O) groups excluding carboxylic acids is 2. The number of carbonyl (C=O) groups is 2. The molecule has 1 aliphatic rings. The SMILES string of the molecule is O=C1C(=O)N(CCOc2ccc(Cl)cc2Cl)c2ccccc21. The van der Waals surface area contributed by atoms with Gasteiger partial charge in [-0.1, -0.05) is 35.3 Å². The zero-order valence-electron chi connectivity index (χ0n) is 11.4. The van der Waals surface area contributed by atoms with Crippen LogP contribution in [-0.2, 0) is 4.79 Å². The molecule has 0 N–H and O–H groups in total. The summed E-state index contributed by atoms with van der Waals surface area (Å²) in [5.41, 5.74) is 1.04. The van der Waals surface area contributed by atoms with Crippen LogP contribution in [0.4, 0.5) is 5.69 Å². The van der Waals surface area contributed by atoms with E-state index in [9.17, 15) is 9.59 Å². The van der Waals surface area contributed by atoms with Gasteiger partial charge in [0, 0.05) is 5.02 Å². The number of nitrogens with zero attached hydrogens (tertiary/aromatic N) is 1. The summed E-state index contributed by atoms with van der Waals surface area (Å²) < 4.78 is 5.56. The number of hydrogen-bond acceptors (Lipinski definition) is 3. The molecule has 0 aromatic heterocycles. The Morgan fingerprint density at radius 3 is 2.59 bits per heavy atom. The van der Waals surface area contributed by atoms with E-state index in [1.807, 2.05) is 0 Å². The second-order valence-electron chi connectivity index (χ2n) is 4.73. The number of anilines is 1.